The summed E-state index contributed by atoms with van der Waals surface area (Å²) in [4.78, 5) is 0. The first kappa shape index (κ1) is 19.4. The predicted molar refractivity (Wildman–Crippen MR) is 109 cm³/mol. The van der Waals surface area contributed by atoms with Crippen LogP contribution in [0.15, 0.2) is 58.7 Å². The number of rotatable bonds is 8. The molecule has 0 aliphatic heterocycles. The molecule has 0 radical (unpaired) electrons. The van der Waals surface area contributed by atoms with E-state index in [1.165, 1.54) is 0 Å². The Bertz CT molecular complexity index is 714. The van der Waals surface area contributed by atoms with Gasteiger partial charge in [0, 0.05) is 11.1 Å². The molecule has 0 fully saturated rings. The fourth-order valence-electron chi connectivity index (χ4n) is 2.09. The molecule has 136 valence electrons. The Labute approximate surface area is 158 Å². The second-order valence-electron chi connectivity index (χ2n) is 5.01. The van der Waals surface area contributed by atoms with Crippen molar-refractivity contribution in [2.75, 3.05) is 13.2 Å². The molecule has 0 amide bonds. The molecule has 2 aromatic rings. The highest BCUT2D eigenvalue weighted by atomic mass is 32.1. The molecule has 2 N–H and O–H groups in total. The van der Waals surface area contributed by atoms with Gasteiger partial charge in [-0.05, 0) is 50.3 Å². The van der Waals surface area contributed by atoms with Crippen LogP contribution in [-0.4, -0.2) is 30.8 Å². The number of nitrogens with one attached hydrogen (secondary N) is 2. The molecule has 0 aromatic heterocycles. The molecule has 0 unspecified atom stereocenters. The van der Waals surface area contributed by atoms with Crippen molar-refractivity contribution in [3.05, 3.63) is 59.7 Å². The third kappa shape index (κ3) is 6.18. The third-order valence-corrected chi connectivity index (χ3v) is 3.36. The quantitative estimate of drug-likeness (QED) is 0.424. The Balaban J connectivity index is 1.88. The molecule has 2 aromatic carbocycles. The maximum absolute atomic E-state index is 5.54. The number of benzene rings is 2. The van der Waals surface area contributed by atoms with Crippen molar-refractivity contribution in [3.63, 3.8) is 0 Å². The highest BCUT2D eigenvalue weighted by molar-refractivity contribution is 7.80. The Kier molecular flexibility index (Phi) is 8.08. The normalized spacial score (nSPS) is 10.8. The zero-order valence-electron chi connectivity index (χ0n) is 14.8. The van der Waals surface area contributed by atoms with Crippen LogP contribution in [0.25, 0.3) is 0 Å². The van der Waals surface area contributed by atoms with E-state index in [1.54, 1.807) is 12.4 Å². The fourth-order valence-corrected chi connectivity index (χ4v) is 2.20. The van der Waals surface area contributed by atoms with Gasteiger partial charge in [-0.25, -0.2) is 0 Å². The van der Waals surface area contributed by atoms with Crippen molar-refractivity contribution in [2.24, 2.45) is 10.2 Å². The lowest BCUT2D eigenvalue weighted by Gasteiger charge is -2.07. The van der Waals surface area contributed by atoms with Crippen LogP contribution in [0.4, 0.5) is 0 Å². The number of para-hydroxylation sites is 2. The summed E-state index contributed by atoms with van der Waals surface area (Å²) in [5.41, 5.74) is 7.15. The van der Waals surface area contributed by atoms with E-state index in [0.717, 1.165) is 22.6 Å². The van der Waals surface area contributed by atoms with Crippen LogP contribution in [0, 0.1) is 0 Å². The maximum atomic E-state index is 5.54. The van der Waals surface area contributed by atoms with Crippen LogP contribution < -0.4 is 20.3 Å². The SMILES string of the molecule is CCOc1ccccc1/C=N\NC(=S)N/N=C\c1ccccc1OCC. The second-order valence-corrected chi connectivity index (χ2v) is 5.42. The van der Waals surface area contributed by atoms with Crippen LogP contribution in [0.1, 0.15) is 25.0 Å². The minimum absolute atomic E-state index is 0.278. The molecule has 0 atom stereocenters. The van der Waals surface area contributed by atoms with Gasteiger partial charge in [0.2, 0.25) is 5.11 Å². The number of hydrazone groups is 2. The van der Waals surface area contributed by atoms with Gasteiger partial charge in [-0.15, -0.1) is 0 Å². The average molecular weight is 370 g/mol. The van der Waals surface area contributed by atoms with Crippen molar-refractivity contribution in [1.82, 2.24) is 10.9 Å². The molecule has 6 nitrogen and oxygen atoms in total. The van der Waals surface area contributed by atoms with Gasteiger partial charge < -0.3 is 9.47 Å². The van der Waals surface area contributed by atoms with Gasteiger partial charge in [-0.3, -0.25) is 10.9 Å². The lowest BCUT2D eigenvalue weighted by molar-refractivity contribution is 0.339. The maximum Gasteiger partial charge on any atom is 0.207 e. The van der Waals surface area contributed by atoms with E-state index in [0.29, 0.717) is 13.2 Å². The second kappa shape index (κ2) is 10.8. The Morgan fingerprint density at radius 1 is 0.846 bits per heavy atom. The zero-order chi connectivity index (χ0) is 18.6. The highest BCUT2D eigenvalue weighted by Gasteiger charge is 2.00. The summed E-state index contributed by atoms with van der Waals surface area (Å²) in [5, 5.41) is 8.48. The van der Waals surface area contributed by atoms with E-state index in [9.17, 15) is 0 Å². The Hall–Kier alpha value is -2.93. The first-order chi connectivity index (χ1) is 12.7. The molecule has 0 aliphatic carbocycles. The molecule has 0 spiro atoms. The van der Waals surface area contributed by atoms with E-state index < -0.39 is 0 Å². The summed E-state index contributed by atoms with van der Waals surface area (Å²) in [6.07, 6.45) is 3.29. The van der Waals surface area contributed by atoms with E-state index in [1.807, 2.05) is 62.4 Å². The third-order valence-electron chi connectivity index (χ3n) is 3.18. The molecular formula is C19H22N4O2S. The van der Waals surface area contributed by atoms with Gasteiger partial charge in [-0.1, -0.05) is 24.3 Å². The molecular weight excluding hydrogens is 348 g/mol. The van der Waals surface area contributed by atoms with Crippen LogP contribution in [-0.2, 0) is 0 Å². The van der Waals surface area contributed by atoms with E-state index in [2.05, 4.69) is 21.1 Å². The van der Waals surface area contributed by atoms with Gasteiger partial charge >= 0.3 is 0 Å². The van der Waals surface area contributed by atoms with Crippen molar-refractivity contribution < 1.29 is 9.47 Å². The molecule has 0 saturated heterocycles. The van der Waals surface area contributed by atoms with Crippen LogP contribution in [0.2, 0.25) is 0 Å². The molecule has 0 heterocycles. The largest absolute Gasteiger partial charge is 0.493 e. The van der Waals surface area contributed by atoms with Crippen molar-refractivity contribution in [1.29, 1.82) is 0 Å². The van der Waals surface area contributed by atoms with Gasteiger partial charge in [0.15, 0.2) is 0 Å². The first-order valence-corrected chi connectivity index (χ1v) is 8.71. The van der Waals surface area contributed by atoms with Gasteiger partial charge in [0.25, 0.3) is 0 Å². The van der Waals surface area contributed by atoms with Crippen molar-refractivity contribution in [3.8, 4) is 11.5 Å². The van der Waals surface area contributed by atoms with Crippen molar-refractivity contribution >= 4 is 29.8 Å². The van der Waals surface area contributed by atoms with Crippen molar-refractivity contribution in [2.45, 2.75) is 13.8 Å². The van der Waals surface area contributed by atoms with Crippen LogP contribution >= 0.6 is 12.2 Å². The summed E-state index contributed by atoms with van der Waals surface area (Å²) in [6, 6.07) is 15.3. The molecule has 26 heavy (non-hydrogen) atoms. The van der Waals surface area contributed by atoms with Gasteiger partial charge in [-0.2, -0.15) is 10.2 Å². The average Bonchev–Trinajstić information content (AvgIpc) is 2.65. The number of thiocarbonyl (C=S) groups is 1. The minimum atomic E-state index is 0.278. The predicted octanol–water partition coefficient (Wildman–Crippen LogP) is 3.32. The fraction of sp³-hybridized carbons (Fsp3) is 0.211. The summed E-state index contributed by atoms with van der Waals surface area (Å²) < 4.78 is 11.1. The van der Waals surface area contributed by atoms with Crippen LogP contribution in [0.5, 0.6) is 11.5 Å². The highest BCUT2D eigenvalue weighted by Crippen LogP contribution is 2.16. The first-order valence-electron chi connectivity index (χ1n) is 8.30. The monoisotopic (exact) mass is 370 g/mol. The lowest BCUT2D eigenvalue weighted by Crippen LogP contribution is -2.28. The molecule has 2 rings (SSSR count). The molecule has 0 aliphatic rings. The summed E-state index contributed by atoms with van der Waals surface area (Å²) in [7, 11) is 0. The molecule has 0 saturated carbocycles. The number of nitrogens with zero attached hydrogens (tertiary/aromatic N) is 2. The summed E-state index contributed by atoms with van der Waals surface area (Å²) in [5.74, 6) is 1.54. The van der Waals surface area contributed by atoms with Gasteiger partial charge in [0.05, 0.1) is 25.6 Å². The van der Waals surface area contributed by atoms with E-state index >= 15 is 0 Å². The Morgan fingerprint density at radius 2 is 1.27 bits per heavy atom. The summed E-state index contributed by atoms with van der Waals surface area (Å²) in [6.45, 7) is 5.06. The van der Waals surface area contributed by atoms with Gasteiger partial charge in [0.1, 0.15) is 11.5 Å². The van der Waals surface area contributed by atoms with E-state index in [4.69, 9.17) is 21.7 Å². The van der Waals surface area contributed by atoms with Crippen LogP contribution in [0.3, 0.4) is 0 Å². The topological polar surface area (TPSA) is 67.2 Å². The van der Waals surface area contributed by atoms with E-state index in [-0.39, 0.29) is 5.11 Å². The standard InChI is InChI=1S/C19H22N4O2S/c1-3-24-17-11-7-5-9-15(17)13-20-22-19(26)23-21-14-16-10-6-8-12-18(16)25-4-2/h5-14H,3-4H2,1-2H3,(H2,22,23,26)/b20-13-,21-14-. The number of hydrogen-bond acceptors (Lipinski definition) is 5. The smallest absolute Gasteiger partial charge is 0.207 e. The molecule has 7 heteroatoms. The number of hydrogen-bond donors (Lipinski definition) is 2. The minimum Gasteiger partial charge on any atom is -0.493 e. The summed E-state index contributed by atoms with van der Waals surface area (Å²) >= 11 is 5.14. The number of ether oxygens (including phenoxy) is 2. The molecule has 0 bridgehead atoms. The zero-order valence-corrected chi connectivity index (χ0v) is 15.6. The lowest BCUT2D eigenvalue weighted by atomic mass is 10.2. The Morgan fingerprint density at radius 3 is 1.69 bits per heavy atom.